The second-order valence-corrected chi connectivity index (χ2v) is 10.2. The van der Waals surface area contributed by atoms with Crippen molar-refractivity contribution in [1.29, 1.82) is 0 Å². The number of carbonyl (C=O) groups is 1. The molecule has 48 heavy (non-hydrogen) atoms. The van der Waals surface area contributed by atoms with Crippen LogP contribution in [0.3, 0.4) is 0 Å². The summed E-state index contributed by atoms with van der Waals surface area (Å²) >= 11 is 0. The van der Waals surface area contributed by atoms with Gasteiger partial charge in [-0.1, -0.05) is 12.1 Å². The maximum Gasteiger partial charge on any atom is 0.279 e. The lowest BCUT2D eigenvalue weighted by Crippen LogP contribution is -2.19. The van der Waals surface area contributed by atoms with E-state index in [1.165, 1.54) is 13.4 Å². The molecule has 0 spiro atoms. The molecule has 0 atom stereocenters. The molecule has 236 valence electrons. The van der Waals surface area contributed by atoms with E-state index in [0.717, 1.165) is 5.56 Å². The van der Waals surface area contributed by atoms with Gasteiger partial charge in [0.1, 0.15) is 36.0 Å². The SMILES string of the molecule is COc1ncc(COCC(=O)Nc2ccnc(-c3ccccn3)n2)cc1-c1ccc(-n2cnc3c(=O)[nH]c(-c4ccccn4)nc32)nc1. The second-order valence-electron chi connectivity index (χ2n) is 10.2. The lowest BCUT2D eigenvalue weighted by atomic mass is 10.1. The average Bonchev–Trinajstić information content (AvgIpc) is 3.57. The van der Waals surface area contributed by atoms with E-state index in [4.69, 9.17) is 9.47 Å². The van der Waals surface area contributed by atoms with Crippen molar-refractivity contribution in [3.63, 3.8) is 0 Å². The molecule has 2 N–H and O–H groups in total. The molecule has 0 aliphatic rings. The molecule has 0 saturated carbocycles. The minimum Gasteiger partial charge on any atom is -0.481 e. The summed E-state index contributed by atoms with van der Waals surface area (Å²) in [6.07, 6.45) is 9.59. The highest BCUT2D eigenvalue weighted by atomic mass is 16.5. The number of hydrogen-bond acceptors (Lipinski definition) is 12. The molecule has 1 amide bonds. The maximum atomic E-state index is 12.7. The number of fused-ring (bicyclic) bond motifs is 1. The lowest BCUT2D eigenvalue weighted by Gasteiger charge is -2.11. The highest BCUT2D eigenvalue weighted by Gasteiger charge is 2.16. The molecule has 15 nitrogen and oxygen atoms in total. The number of imidazole rings is 1. The molecular formula is C33H25N11O4. The molecule has 7 aromatic heterocycles. The minimum atomic E-state index is -0.382. The Morgan fingerprint density at radius 3 is 2.46 bits per heavy atom. The number of hydrogen-bond donors (Lipinski definition) is 2. The smallest absolute Gasteiger partial charge is 0.279 e. The van der Waals surface area contributed by atoms with Crippen molar-refractivity contribution in [2.75, 3.05) is 19.0 Å². The zero-order chi connectivity index (χ0) is 32.9. The highest BCUT2D eigenvalue weighted by Crippen LogP contribution is 2.29. The van der Waals surface area contributed by atoms with Crippen LogP contribution in [0, 0.1) is 0 Å². The van der Waals surface area contributed by atoms with E-state index < -0.39 is 0 Å². The molecule has 0 bridgehead atoms. The fourth-order valence-electron chi connectivity index (χ4n) is 4.82. The van der Waals surface area contributed by atoms with Crippen molar-refractivity contribution in [3.05, 3.63) is 114 Å². The van der Waals surface area contributed by atoms with Gasteiger partial charge in [-0.05, 0) is 54.1 Å². The number of amides is 1. The Kier molecular flexibility index (Phi) is 8.31. The van der Waals surface area contributed by atoms with Gasteiger partial charge < -0.3 is 19.8 Å². The Labute approximate surface area is 271 Å². The molecule has 0 radical (unpaired) electrons. The van der Waals surface area contributed by atoms with Crippen LogP contribution in [0.25, 0.3) is 51.1 Å². The van der Waals surface area contributed by atoms with Crippen LogP contribution >= 0.6 is 0 Å². The fraction of sp³-hybridized carbons (Fsp3) is 0.0909. The zero-order valence-electron chi connectivity index (χ0n) is 25.3. The predicted molar refractivity (Wildman–Crippen MR) is 174 cm³/mol. The molecule has 7 heterocycles. The monoisotopic (exact) mass is 639 g/mol. The molecule has 7 aromatic rings. The molecule has 0 fully saturated rings. The first kappa shape index (κ1) is 29.9. The van der Waals surface area contributed by atoms with E-state index in [0.29, 0.717) is 57.3 Å². The van der Waals surface area contributed by atoms with Crippen LogP contribution in [0.5, 0.6) is 5.88 Å². The van der Waals surface area contributed by atoms with Crippen LogP contribution in [0.4, 0.5) is 5.82 Å². The molecule has 7 rings (SSSR count). The second kappa shape index (κ2) is 13.3. The van der Waals surface area contributed by atoms with Crippen LogP contribution in [0.15, 0.2) is 103 Å². The third-order valence-corrected chi connectivity index (χ3v) is 7.04. The summed E-state index contributed by atoms with van der Waals surface area (Å²) in [6.45, 7) is -0.0932. The number of rotatable bonds is 10. The first-order chi connectivity index (χ1) is 23.6. The summed E-state index contributed by atoms with van der Waals surface area (Å²) in [5.41, 5.74) is 3.37. The standard InChI is InChI=1S/C33H25N11O4/c1-47-33-22(14-20(15-38-33)17-48-18-27(45)40-25-10-13-36-29(41-25)23-6-2-4-11-34-23)21-8-9-26(37-16-21)44-19-39-28-31(44)42-30(43-32(28)46)24-7-3-5-12-35-24/h2-16,19H,17-18H2,1H3,(H,42,43,46)(H,36,40,41,45). The molecule has 15 heteroatoms. The topological polar surface area (TPSA) is 188 Å². The van der Waals surface area contributed by atoms with Gasteiger partial charge in [0.05, 0.1) is 13.7 Å². The van der Waals surface area contributed by atoms with Crippen molar-refractivity contribution in [2.24, 2.45) is 0 Å². The van der Waals surface area contributed by atoms with Crippen LogP contribution in [0.1, 0.15) is 5.56 Å². The number of pyridine rings is 4. The van der Waals surface area contributed by atoms with Gasteiger partial charge in [0, 0.05) is 42.1 Å². The normalized spacial score (nSPS) is 11.0. The first-order valence-corrected chi connectivity index (χ1v) is 14.6. The Morgan fingerprint density at radius 1 is 0.875 bits per heavy atom. The third-order valence-electron chi connectivity index (χ3n) is 7.04. The van der Waals surface area contributed by atoms with Gasteiger partial charge in [0.2, 0.25) is 5.88 Å². The van der Waals surface area contributed by atoms with E-state index in [9.17, 15) is 9.59 Å². The van der Waals surface area contributed by atoms with Crippen molar-refractivity contribution >= 4 is 22.9 Å². The largest absolute Gasteiger partial charge is 0.481 e. The number of H-pyrrole nitrogens is 1. The van der Waals surface area contributed by atoms with E-state index in [1.807, 2.05) is 24.3 Å². The van der Waals surface area contributed by atoms with Crippen molar-refractivity contribution in [2.45, 2.75) is 6.61 Å². The maximum absolute atomic E-state index is 12.7. The fourth-order valence-corrected chi connectivity index (χ4v) is 4.82. The predicted octanol–water partition coefficient (Wildman–Crippen LogP) is 3.64. The van der Waals surface area contributed by atoms with Gasteiger partial charge >= 0.3 is 0 Å². The van der Waals surface area contributed by atoms with E-state index >= 15 is 0 Å². The van der Waals surface area contributed by atoms with E-state index in [2.05, 4.69) is 50.2 Å². The Hall–Kier alpha value is -6.74. The summed E-state index contributed by atoms with van der Waals surface area (Å²) in [4.78, 5) is 63.0. The Bertz CT molecular complexity index is 2280. The first-order valence-electron chi connectivity index (χ1n) is 14.6. The van der Waals surface area contributed by atoms with Gasteiger partial charge in [-0.3, -0.25) is 24.1 Å². The van der Waals surface area contributed by atoms with Gasteiger partial charge in [-0.25, -0.2) is 29.9 Å². The number of ether oxygens (including phenoxy) is 2. The van der Waals surface area contributed by atoms with Crippen molar-refractivity contribution in [3.8, 4) is 45.9 Å². The van der Waals surface area contributed by atoms with E-state index in [-0.39, 0.29) is 30.2 Å². The summed E-state index contributed by atoms with van der Waals surface area (Å²) in [6, 6.07) is 17.8. The number of aromatic amines is 1. The van der Waals surface area contributed by atoms with Gasteiger partial charge in [0.15, 0.2) is 22.8 Å². The van der Waals surface area contributed by atoms with Gasteiger partial charge in [-0.2, -0.15) is 0 Å². The third kappa shape index (κ3) is 6.33. The number of anilines is 1. The molecular weight excluding hydrogens is 614 g/mol. The Morgan fingerprint density at radius 2 is 1.71 bits per heavy atom. The summed E-state index contributed by atoms with van der Waals surface area (Å²) in [5, 5.41) is 2.72. The van der Waals surface area contributed by atoms with Crippen LogP contribution < -0.4 is 15.6 Å². The minimum absolute atomic E-state index is 0.117. The van der Waals surface area contributed by atoms with Gasteiger partial charge in [-0.15, -0.1) is 0 Å². The summed E-state index contributed by atoms with van der Waals surface area (Å²) < 4.78 is 12.8. The number of nitrogens with zero attached hydrogens (tertiary/aromatic N) is 9. The number of aromatic nitrogens is 10. The van der Waals surface area contributed by atoms with Crippen molar-refractivity contribution in [1.82, 2.24) is 49.4 Å². The molecule has 0 unspecified atom stereocenters. The Balaban J connectivity index is 1.04. The quantitative estimate of drug-likeness (QED) is 0.221. The highest BCUT2D eigenvalue weighted by molar-refractivity contribution is 5.90. The average molecular weight is 640 g/mol. The number of nitrogens with one attached hydrogen (secondary N) is 2. The molecule has 0 aliphatic heterocycles. The summed E-state index contributed by atoms with van der Waals surface area (Å²) in [5.74, 6) is 1.57. The molecule has 0 aliphatic carbocycles. The number of methoxy groups -OCH3 is 1. The number of carbonyl (C=O) groups excluding carboxylic acids is 1. The molecule has 0 aromatic carbocycles. The van der Waals surface area contributed by atoms with Crippen LogP contribution in [-0.4, -0.2) is 69.0 Å². The van der Waals surface area contributed by atoms with Crippen molar-refractivity contribution < 1.29 is 14.3 Å². The van der Waals surface area contributed by atoms with E-state index in [1.54, 1.807) is 71.9 Å². The van der Waals surface area contributed by atoms with Crippen LogP contribution in [0.2, 0.25) is 0 Å². The lowest BCUT2D eigenvalue weighted by molar-refractivity contribution is -0.121. The van der Waals surface area contributed by atoms with Gasteiger partial charge in [0.25, 0.3) is 11.5 Å². The summed E-state index contributed by atoms with van der Waals surface area (Å²) in [7, 11) is 1.53. The van der Waals surface area contributed by atoms with Crippen LogP contribution in [-0.2, 0) is 16.1 Å². The zero-order valence-corrected chi connectivity index (χ0v) is 25.3. The molecule has 0 saturated heterocycles.